The Hall–Kier alpha value is -3.57. The molecule has 184 valence electrons. The average Bonchev–Trinajstić information content (AvgIpc) is 2.84. The lowest BCUT2D eigenvalue weighted by atomic mass is 9.90. The molecule has 0 atom stereocenters. The van der Waals surface area contributed by atoms with Gasteiger partial charge in [0.1, 0.15) is 5.82 Å². The Morgan fingerprint density at radius 3 is 2.40 bits per heavy atom. The van der Waals surface area contributed by atoms with Crippen LogP contribution in [0.5, 0.6) is 0 Å². The quantitative estimate of drug-likeness (QED) is 0.527. The van der Waals surface area contributed by atoms with Gasteiger partial charge in [-0.15, -0.1) is 0 Å². The van der Waals surface area contributed by atoms with Crippen molar-refractivity contribution < 1.29 is 17.9 Å². The molecule has 1 saturated heterocycles. The van der Waals surface area contributed by atoms with Gasteiger partial charge in [0.15, 0.2) is 5.82 Å². The molecule has 0 bridgehead atoms. The van der Waals surface area contributed by atoms with Crippen LogP contribution in [0.1, 0.15) is 35.7 Å². The van der Waals surface area contributed by atoms with Gasteiger partial charge in [-0.25, -0.2) is 19.7 Å². The van der Waals surface area contributed by atoms with E-state index >= 15 is 0 Å². The first kappa shape index (κ1) is 24.6. The fourth-order valence-corrected chi connectivity index (χ4v) is 4.92. The van der Waals surface area contributed by atoms with E-state index < -0.39 is 21.0 Å². The molecule has 1 aliphatic heterocycles. The first-order valence-corrected chi connectivity index (χ1v) is 12.6. The Morgan fingerprint density at radius 1 is 1.09 bits per heavy atom. The first-order chi connectivity index (χ1) is 16.6. The van der Waals surface area contributed by atoms with E-state index in [2.05, 4.69) is 21.6 Å². The molecule has 11 heteroatoms. The number of anilines is 2. The molecular formula is C24H28N6O4S. The molecule has 10 nitrogen and oxygen atoms in total. The van der Waals surface area contributed by atoms with Gasteiger partial charge in [-0.05, 0) is 38.8 Å². The fourth-order valence-electron chi connectivity index (χ4n) is 3.94. The van der Waals surface area contributed by atoms with Crippen LogP contribution in [0, 0.1) is 6.92 Å². The molecule has 1 aromatic carbocycles. The number of carbonyl (C=O) groups is 1. The maximum Gasteiger partial charge on any atom is 0.285 e. The number of ether oxygens (including phenoxy) is 1. The summed E-state index contributed by atoms with van der Waals surface area (Å²) in [6.45, 7) is 5.25. The topological polar surface area (TPSA) is 140 Å². The Balaban J connectivity index is 1.75. The van der Waals surface area contributed by atoms with Gasteiger partial charge in [0.05, 0.1) is 11.3 Å². The highest BCUT2D eigenvalue weighted by Gasteiger charge is 2.35. The number of nitrogens with two attached hydrogens (primary N) is 1. The van der Waals surface area contributed by atoms with Gasteiger partial charge < -0.3 is 15.4 Å². The number of pyridine rings is 1. The minimum absolute atomic E-state index is 0.113. The molecule has 3 aromatic rings. The molecule has 35 heavy (non-hydrogen) atoms. The molecular weight excluding hydrogens is 468 g/mol. The highest BCUT2D eigenvalue weighted by molar-refractivity contribution is 7.90. The lowest BCUT2D eigenvalue weighted by Crippen LogP contribution is -2.49. The van der Waals surface area contributed by atoms with Crippen molar-refractivity contribution in [1.29, 1.82) is 0 Å². The van der Waals surface area contributed by atoms with Crippen LogP contribution in [-0.4, -0.2) is 55.1 Å². The maximum absolute atomic E-state index is 13.3. The van der Waals surface area contributed by atoms with Crippen LogP contribution in [-0.2, 0) is 14.8 Å². The Bertz CT molecular complexity index is 1340. The molecule has 0 aliphatic carbocycles. The van der Waals surface area contributed by atoms with E-state index in [0.717, 1.165) is 24.0 Å². The number of rotatable bonds is 6. The van der Waals surface area contributed by atoms with Crippen LogP contribution in [0.15, 0.2) is 53.8 Å². The molecule has 0 radical (unpaired) electrons. The number of hydrogen-bond donors (Lipinski definition) is 2. The molecule has 1 aliphatic rings. The summed E-state index contributed by atoms with van der Waals surface area (Å²) in [5, 5.41) is -0.510. The van der Waals surface area contributed by atoms with Crippen molar-refractivity contribution in [3.8, 4) is 11.3 Å². The third kappa shape index (κ3) is 5.10. The predicted octanol–water partition coefficient (Wildman–Crippen LogP) is 2.55. The van der Waals surface area contributed by atoms with Crippen molar-refractivity contribution in [3.63, 3.8) is 0 Å². The second kappa shape index (κ2) is 9.59. The summed E-state index contributed by atoms with van der Waals surface area (Å²) < 4.78 is 33.3. The molecule has 3 heterocycles. The molecule has 0 unspecified atom stereocenters. The van der Waals surface area contributed by atoms with Gasteiger partial charge in [0.25, 0.3) is 15.9 Å². The Morgan fingerprint density at radius 2 is 1.74 bits per heavy atom. The highest BCUT2D eigenvalue weighted by Crippen LogP contribution is 2.33. The smallest absolute Gasteiger partial charge is 0.285 e. The molecule has 0 saturated carbocycles. The van der Waals surface area contributed by atoms with E-state index in [0.29, 0.717) is 24.7 Å². The van der Waals surface area contributed by atoms with E-state index in [1.165, 1.54) is 12.4 Å². The van der Waals surface area contributed by atoms with Crippen LogP contribution < -0.4 is 15.4 Å². The number of nitrogens with one attached hydrogen (secondary N) is 1. The summed E-state index contributed by atoms with van der Waals surface area (Å²) in [6.07, 6.45) is 3.93. The number of benzene rings is 1. The van der Waals surface area contributed by atoms with E-state index in [1.54, 1.807) is 12.1 Å². The zero-order valence-electron chi connectivity index (χ0n) is 19.9. The molecule has 2 aromatic heterocycles. The number of nitrogens with zero attached hydrogens (tertiary/aromatic N) is 4. The van der Waals surface area contributed by atoms with Crippen LogP contribution >= 0.6 is 0 Å². The molecule has 1 amide bonds. The number of carbonyl (C=O) groups excluding carboxylic acids is 1. The number of hydrogen-bond acceptors (Lipinski definition) is 9. The molecule has 0 spiro atoms. The number of nitrogen functional groups attached to an aromatic ring is 1. The minimum atomic E-state index is -4.35. The minimum Gasteiger partial charge on any atom is -0.381 e. The summed E-state index contributed by atoms with van der Waals surface area (Å²) in [5.74, 6) is -0.768. The van der Waals surface area contributed by atoms with Crippen LogP contribution in [0.2, 0.25) is 0 Å². The second-order valence-electron chi connectivity index (χ2n) is 8.78. The van der Waals surface area contributed by atoms with E-state index in [-0.39, 0.29) is 16.9 Å². The molecule has 4 rings (SSSR count). The summed E-state index contributed by atoms with van der Waals surface area (Å²) in [5.41, 5.74) is 8.12. The van der Waals surface area contributed by atoms with Crippen molar-refractivity contribution in [2.75, 3.05) is 30.9 Å². The number of aryl methyl sites for hydroxylation is 1. The highest BCUT2D eigenvalue weighted by atomic mass is 32.2. The van der Waals surface area contributed by atoms with Crippen LogP contribution in [0.4, 0.5) is 11.6 Å². The first-order valence-electron chi connectivity index (χ1n) is 11.1. The van der Waals surface area contributed by atoms with Gasteiger partial charge in [0.2, 0.25) is 5.03 Å². The fraction of sp³-hybridized carbons (Fsp3) is 0.333. The number of amides is 1. The largest absolute Gasteiger partial charge is 0.381 e. The zero-order valence-corrected chi connectivity index (χ0v) is 20.7. The Kier molecular flexibility index (Phi) is 6.73. The van der Waals surface area contributed by atoms with Gasteiger partial charge in [-0.3, -0.25) is 4.79 Å². The third-order valence-corrected chi connectivity index (χ3v) is 7.62. The van der Waals surface area contributed by atoms with Gasteiger partial charge in [-0.2, -0.15) is 8.42 Å². The second-order valence-corrected chi connectivity index (χ2v) is 10.4. The van der Waals surface area contributed by atoms with Crippen LogP contribution in [0.3, 0.4) is 0 Å². The predicted molar refractivity (Wildman–Crippen MR) is 132 cm³/mol. The summed E-state index contributed by atoms with van der Waals surface area (Å²) in [4.78, 5) is 27.5. The summed E-state index contributed by atoms with van der Waals surface area (Å²) in [7, 11) is -2.49. The van der Waals surface area contributed by atoms with E-state index in [9.17, 15) is 13.2 Å². The van der Waals surface area contributed by atoms with Gasteiger partial charge in [-0.1, -0.05) is 29.8 Å². The summed E-state index contributed by atoms with van der Waals surface area (Å²) >= 11 is 0. The molecule has 3 N–H and O–H groups in total. The van der Waals surface area contributed by atoms with E-state index in [1.807, 2.05) is 43.1 Å². The van der Waals surface area contributed by atoms with Crippen molar-refractivity contribution in [3.05, 3.63) is 59.9 Å². The normalized spacial score (nSPS) is 15.4. The lowest BCUT2D eigenvalue weighted by Gasteiger charge is -2.43. The number of sulfonamides is 1. The average molecular weight is 497 g/mol. The number of aromatic nitrogens is 3. The van der Waals surface area contributed by atoms with Gasteiger partial charge >= 0.3 is 0 Å². The maximum atomic E-state index is 13.3. The van der Waals surface area contributed by atoms with Crippen molar-refractivity contribution in [1.82, 2.24) is 19.7 Å². The molecule has 1 fully saturated rings. The van der Waals surface area contributed by atoms with Crippen molar-refractivity contribution in [2.45, 2.75) is 37.3 Å². The lowest BCUT2D eigenvalue weighted by molar-refractivity contribution is 0.0574. The SMILES string of the molecule is Cc1ccc(-c2ccc(C(=O)NS(=O)(=O)c3nccnc3N)c(N(C)C3(C)CCOCC3)n2)cc1. The van der Waals surface area contributed by atoms with Crippen LogP contribution in [0.25, 0.3) is 11.3 Å². The van der Waals surface area contributed by atoms with E-state index in [4.69, 9.17) is 15.5 Å². The standard InChI is InChI=1S/C24H28N6O4S/c1-16-4-6-17(7-5-16)19-9-8-18(21(28-19)30(3)24(2)10-14-34-15-11-24)22(31)29-35(32,33)23-20(25)26-12-13-27-23/h4-9,12-13H,10-11,14-15H2,1-3H3,(H2,25,26)(H,29,31). The monoisotopic (exact) mass is 496 g/mol. The van der Waals surface area contributed by atoms with Crippen molar-refractivity contribution >= 4 is 27.6 Å². The summed E-state index contributed by atoms with van der Waals surface area (Å²) in [6, 6.07) is 11.2. The zero-order chi connectivity index (χ0) is 25.2. The Labute approximate surface area is 204 Å². The van der Waals surface area contributed by atoms with Gasteiger partial charge in [0, 0.05) is 43.8 Å². The van der Waals surface area contributed by atoms with Crippen molar-refractivity contribution in [2.24, 2.45) is 0 Å². The third-order valence-electron chi connectivity index (χ3n) is 6.34.